The molecule has 34 heavy (non-hydrogen) atoms. The minimum atomic E-state index is -0.725. The summed E-state index contributed by atoms with van der Waals surface area (Å²) < 4.78 is 16.7. The molecule has 3 heterocycles. The molecule has 1 amide bonds. The molecule has 0 radical (unpaired) electrons. The van der Waals surface area contributed by atoms with E-state index in [1.54, 1.807) is 41.7 Å². The van der Waals surface area contributed by atoms with Crippen LogP contribution in [-0.2, 0) is 9.53 Å². The van der Waals surface area contributed by atoms with Crippen LogP contribution in [0.4, 0.5) is 0 Å². The number of nitrogens with zero attached hydrogens (tertiary/aromatic N) is 2. The summed E-state index contributed by atoms with van der Waals surface area (Å²) in [6.07, 6.45) is 0.855. The number of ketones is 1. The number of aliphatic hydroxyl groups is 1. The molecular weight excluding hydrogens is 456 g/mol. The van der Waals surface area contributed by atoms with Gasteiger partial charge in [-0.25, -0.2) is 0 Å². The van der Waals surface area contributed by atoms with Gasteiger partial charge >= 0.3 is 0 Å². The monoisotopic (exact) mass is 486 g/mol. The van der Waals surface area contributed by atoms with Crippen molar-refractivity contribution in [3.05, 3.63) is 57.5 Å². The van der Waals surface area contributed by atoms with Crippen LogP contribution in [0, 0.1) is 0 Å². The quantitative estimate of drug-likeness (QED) is 0.515. The summed E-state index contributed by atoms with van der Waals surface area (Å²) in [7, 11) is 1.55. The van der Waals surface area contributed by atoms with E-state index in [2.05, 4.69) is 4.90 Å². The maximum absolute atomic E-state index is 13.4. The molecule has 0 saturated carbocycles. The second-order valence-electron chi connectivity index (χ2n) is 8.18. The SMILES string of the molecule is CCCOc1ccc([C@@H]2C(C(=O)c3cccs3)=C(O)C(=O)N2CCN2CCOCC2)cc1OC. The number of ether oxygens (including phenoxy) is 3. The van der Waals surface area contributed by atoms with Gasteiger partial charge in [0.25, 0.3) is 5.91 Å². The van der Waals surface area contributed by atoms with Crippen LogP contribution in [0.1, 0.15) is 34.6 Å². The van der Waals surface area contributed by atoms with Gasteiger partial charge in [-0.2, -0.15) is 0 Å². The summed E-state index contributed by atoms with van der Waals surface area (Å²) in [5.74, 6) is -0.262. The molecule has 2 aromatic rings. The lowest BCUT2D eigenvalue weighted by Crippen LogP contribution is -2.43. The maximum Gasteiger partial charge on any atom is 0.290 e. The van der Waals surface area contributed by atoms with Crippen LogP contribution in [0.25, 0.3) is 0 Å². The number of aliphatic hydroxyl groups excluding tert-OH is 1. The molecule has 1 aromatic heterocycles. The first-order chi connectivity index (χ1) is 16.5. The minimum Gasteiger partial charge on any atom is -0.503 e. The highest BCUT2D eigenvalue weighted by Gasteiger charge is 2.44. The zero-order chi connectivity index (χ0) is 24.1. The van der Waals surface area contributed by atoms with Gasteiger partial charge in [0.2, 0.25) is 5.78 Å². The van der Waals surface area contributed by atoms with Gasteiger partial charge in [-0.15, -0.1) is 11.3 Å². The number of hydrogen-bond donors (Lipinski definition) is 1. The molecule has 1 atom stereocenters. The van der Waals surface area contributed by atoms with Crippen molar-refractivity contribution < 1.29 is 28.9 Å². The average Bonchev–Trinajstić information content (AvgIpc) is 3.49. The average molecular weight is 487 g/mol. The molecule has 0 aliphatic carbocycles. The number of thiophene rings is 1. The summed E-state index contributed by atoms with van der Waals surface area (Å²) in [4.78, 5) is 30.8. The number of amides is 1. The van der Waals surface area contributed by atoms with Crippen LogP contribution in [0.5, 0.6) is 11.5 Å². The molecule has 0 unspecified atom stereocenters. The van der Waals surface area contributed by atoms with Crippen LogP contribution < -0.4 is 9.47 Å². The first-order valence-electron chi connectivity index (χ1n) is 11.5. The summed E-state index contributed by atoms with van der Waals surface area (Å²) in [6.45, 7) is 6.42. The number of hydrogen-bond acceptors (Lipinski definition) is 8. The summed E-state index contributed by atoms with van der Waals surface area (Å²) in [6, 6.07) is 8.15. The van der Waals surface area contributed by atoms with Crippen LogP contribution >= 0.6 is 11.3 Å². The summed E-state index contributed by atoms with van der Waals surface area (Å²) in [5, 5.41) is 12.6. The fraction of sp³-hybridized carbons (Fsp3) is 0.440. The van der Waals surface area contributed by atoms with Gasteiger partial charge in [-0.3, -0.25) is 14.5 Å². The molecule has 1 fully saturated rings. The molecule has 1 saturated heterocycles. The van der Waals surface area contributed by atoms with E-state index >= 15 is 0 Å². The Bertz CT molecular complexity index is 1050. The first-order valence-corrected chi connectivity index (χ1v) is 12.4. The fourth-order valence-corrected chi connectivity index (χ4v) is 4.94. The van der Waals surface area contributed by atoms with Crippen LogP contribution in [0.3, 0.4) is 0 Å². The number of rotatable bonds is 10. The molecular formula is C25H30N2O6S. The van der Waals surface area contributed by atoms with E-state index in [-0.39, 0.29) is 11.4 Å². The van der Waals surface area contributed by atoms with Gasteiger partial charge < -0.3 is 24.2 Å². The third kappa shape index (κ3) is 4.96. The lowest BCUT2D eigenvalue weighted by atomic mass is 9.95. The van der Waals surface area contributed by atoms with Crippen molar-refractivity contribution in [2.24, 2.45) is 0 Å². The van der Waals surface area contributed by atoms with E-state index in [0.717, 1.165) is 19.5 Å². The molecule has 2 aliphatic rings. The molecule has 0 bridgehead atoms. The number of carbonyl (C=O) groups excluding carboxylic acids is 2. The Labute approximate surface area is 203 Å². The van der Waals surface area contributed by atoms with E-state index in [0.29, 0.717) is 54.8 Å². The number of Topliss-reactive ketones (excluding diaryl/α,β-unsaturated/α-hetero) is 1. The Morgan fingerprint density at radius 2 is 2.00 bits per heavy atom. The zero-order valence-electron chi connectivity index (χ0n) is 19.5. The van der Waals surface area contributed by atoms with Crippen LogP contribution in [0.2, 0.25) is 0 Å². The van der Waals surface area contributed by atoms with Gasteiger partial charge in [0.1, 0.15) is 0 Å². The van der Waals surface area contributed by atoms with Gasteiger partial charge in [-0.1, -0.05) is 19.1 Å². The Morgan fingerprint density at radius 3 is 2.68 bits per heavy atom. The number of morpholine rings is 1. The topological polar surface area (TPSA) is 88.5 Å². The molecule has 4 rings (SSSR count). The van der Waals surface area contributed by atoms with Crippen molar-refractivity contribution >= 4 is 23.0 Å². The van der Waals surface area contributed by atoms with E-state index in [1.807, 2.05) is 13.0 Å². The van der Waals surface area contributed by atoms with E-state index in [4.69, 9.17) is 14.2 Å². The molecule has 182 valence electrons. The van der Waals surface area contributed by atoms with Crippen molar-refractivity contribution in [1.82, 2.24) is 9.80 Å². The first kappa shape index (κ1) is 24.3. The van der Waals surface area contributed by atoms with Crippen molar-refractivity contribution in [2.75, 3.05) is 53.1 Å². The van der Waals surface area contributed by atoms with Crippen LogP contribution in [-0.4, -0.2) is 79.7 Å². The Hall–Kier alpha value is -2.88. The maximum atomic E-state index is 13.4. The molecule has 0 spiro atoms. The van der Waals surface area contributed by atoms with Crippen LogP contribution in [0.15, 0.2) is 47.0 Å². The largest absolute Gasteiger partial charge is 0.503 e. The third-order valence-electron chi connectivity index (χ3n) is 6.02. The zero-order valence-corrected chi connectivity index (χ0v) is 20.3. The highest BCUT2D eigenvalue weighted by atomic mass is 32.1. The Morgan fingerprint density at radius 1 is 1.21 bits per heavy atom. The van der Waals surface area contributed by atoms with Gasteiger partial charge in [0.15, 0.2) is 17.3 Å². The number of carbonyl (C=O) groups is 2. The highest BCUT2D eigenvalue weighted by molar-refractivity contribution is 7.12. The fourth-order valence-electron chi connectivity index (χ4n) is 4.26. The smallest absolute Gasteiger partial charge is 0.290 e. The third-order valence-corrected chi connectivity index (χ3v) is 6.89. The van der Waals surface area contributed by atoms with Crippen molar-refractivity contribution in [3.8, 4) is 11.5 Å². The second kappa shape index (κ2) is 11.0. The Kier molecular flexibility index (Phi) is 7.87. The highest BCUT2D eigenvalue weighted by Crippen LogP contribution is 2.42. The molecule has 1 N–H and O–H groups in total. The van der Waals surface area contributed by atoms with E-state index in [9.17, 15) is 14.7 Å². The predicted octanol–water partition coefficient (Wildman–Crippen LogP) is 3.46. The Balaban J connectivity index is 1.69. The van der Waals surface area contributed by atoms with Gasteiger partial charge in [0.05, 0.1) is 43.4 Å². The summed E-state index contributed by atoms with van der Waals surface area (Å²) in [5.41, 5.74) is 0.777. The standard InChI is InChI=1S/C25H30N2O6S/c1-3-12-33-18-7-6-17(16-19(18)31-2)22-21(23(28)20-5-4-15-34-20)24(29)25(30)27(22)9-8-26-10-13-32-14-11-26/h4-7,15-16,22,29H,3,8-14H2,1-2H3/t22-/m1/s1. The van der Waals surface area contributed by atoms with Gasteiger partial charge in [0, 0.05) is 26.2 Å². The van der Waals surface area contributed by atoms with E-state index < -0.39 is 17.7 Å². The lowest BCUT2D eigenvalue weighted by Gasteiger charge is -2.32. The van der Waals surface area contributed by atoms with Crippen molar-refractivity contribution in [3.63, 3.8) is 0 Å². The molecule has 2 aliphatic heterocycles. The number of benzene rings is 1. The molecule has 1 aromatic carbocycles. The minimum absolute atomic E-state index is 0.0960. The van der Waals surface area contributed by atoms with E-state index in [1.165, 1.54) is 11.3 Å². The lowest BCUT2D eigenvalue weighted by molar-refractivity contribution is -0.129. The molecule has 9 heteroatoms. The molecule has 8 nitrogen and oxygen atoms in total. The summed E-state index contributed by atoms with van der Waals surface area (Å²) >= 11 is 1.28. The second-order valence-corrected chi connectivity index (χ2v) is 9.13. The van der Waals surface area contributed by atoms with Crippen molar-refractivity contribution in [1.29, 1.82) is 0 Å². The number of methoxy groups -OCH3 is 1. The van der Waals surface area contributed by atoms with Crippen molar-refractivity contribution in [2.45, 2.75) is 19.4 Å². The van der Waals surface area contributed by atoms with Gasteiger partial charge in [-0.05, 0) is 35.6 Å². The normalized spacial score (nSPS) is 19.1. The predicted molar refractivity (Wildman–Crippen MR) is 129 cm³/mol.